The van der Waals surface area contributed by atoms with Crippen LogP contribution in [-0.2, 0) is 4.74 Å². The largest absolute Gasteiger partial charge is 0.494 e. The van der Waals surface area contributed by atoms with Gasteiger partial charge >= 0.3 is 0 Å². The minimum atomic E-state index is -0.616. The average molecular weight is 299 g/mol. The fraction of sp³-hybridized carbons (Fsp3) is 0.625. The fourth-order valence-electron chi connectivity index (χ4n) is 1.88. The molecule has 5 heteroatoms. The number of aliphatic hydroxyl groups excluding tert-OH is 1. The van der Waals surface area contributed by atoms with Gasteiger partial charge in [0.1, 0.15) is 0 Å². The summed E-state index contributed by atoms with van der Waals surface area (Å²) in [5.74, 6) is 0.446. The number of benzene rings is 1. The minimum Gasteiger partial charge on any atom is -0.494 e. The van der Waals surface area contributed by atoms with Crippen LogP contribution in [0.4, 0.5) is 10.1 Å². The molecule has 0 aromatic heterocycles. The Hall–Kier alpha value is -1.33. The monoisotopic (exact) mass is 299 g/mol. The van der Waals surface area contributed by atoms with Crippen LogP contribution in [0.3, 0.4) is 0 Å². The summed E-state index contributed by atoms with van der Waals surface area (Å²) < 4.78 is 23.7. The maximum Gasteiger partial charge on any atom is 0.167 e. The van der Waals surface area contributed by atoms with Crippen molar-refractivity contribution in [3.63, 3.8) is 0 Å². The maximum atomic E-state index is 13.5. The van der Waals surface area contributed by atoms with Crippen LogP contribution < -0.4 is 10.1 Å². The van der Waals surface area contributed by atoms with Gasteiger partial charge in [0.15, 0.2) is 11.6 Å². The van der Waals surface area contributed by atoms with E-state index in [-0.39, 0.29) is 12.4 Å². The number of rotatable bonds is 10. The molecule has 0 bridgehead atoms. The number of nitrogens with one attached hydrogen (secondary N) is 1. The SMILES string of the molecule is COc1ccc(NCC(O)COCCCC(C)C)cc1F. The Kier molecular flexibility index (Phi) is 8.08. The van der Waals surface area contributed by atoms with E-state index in [4.69, 9.17) is 9.47 Å². The lowest BCUT2D eigenvalue weighted by molar-refractivity contribution is 0.0409. The highest BCUT2D eigenvalue weighted by atomic mass is 19.1. The lowest BCUT2D eigenvalue weighted by atomic mass is 10.1. The molecule has 0 saturated carbocycles. The van der Waals surface area contributed by atoms with Gasteiger partial charge in [-0.05, 0) is 30.9 Å². The third-order valence-electron chi connectivity index (χ3n) is 3.07. The number of anilines is 1. The van der Waals surface area contributed by atoms with E-state index < -0.39 is 11.9 Å². The van der Waals surface area contributed by atoms with Gasteiger partial charge in [0.25, 0.3) is 0 Å². The smallest absolute Gasteiger partial charge is 0.167 e. The Morgan fingerprint density at radius 3 is 2.71 bits per heavy atom. The molecule has 1 atom stereocenters. The highest BCUT2D eigenvalue weighted by molar-refractivity contribution is 5.47. The molecule has 1 aromatic carbocycles. The lowest BCUT2D eigenvalue weighted by Crippen LogP contribution is -2.25. The lowest BCUT2D eigenvalue weighted by Gasteiger charge is -2.14. The van der Waals surface area contributed by atoms with Gasteiger partial charge in [0.05, 0.1) is 19.8 Å². The molecule has 1 aromatic rings. The van der Waals surface area contributed by atoms with Gasteiger partial charge in [-0.3, -0.25) is 0 Å². The van der Waals surface area contributed by atoms with Crippen LogP contribution in [0.25, 0.3) is 0 Å². The first-order valence-electron chi connectivity index (χ1n) is 7.36. The van der Waals surface area contributed by atoms with Crippen molar-refractivity contribution in [3.05, 3.63) is 24.0 Å². The van der Waals surface area contributed by atoms with Crippen LogP contribution in [-0.4, -0.2) is 38.1 Å². The van der Waals surface area contributed by atoms with Crippen LogP contribution >= 0.6 is 0 Å². The number of halogens is 1. The highest BCUT2D eigenvalue weighted by Gasteiger charge is 2.07. The Labute approximate surface area is 126 Å². The fourth-order valence-corrected chi connectivity index (χ4v) is 1.88. The average Bonchev–Trinajstić information content (AvgIpc) is 2.44. The van der Waals surface area contributed by atoms with Gasteiger partial charge in [-0.1, -0.05) is 13.8 Å². The summed E-state index contributed by atoms with van der Waals surface area (Å²) in [7, 11) is 1.42. The number of aliphatic hydroxyl groups is 1. The molecule has 1 rings (SSSR count). The summed E-state index contributed by atoms with van der Waals surface area (Å²) >= 11 is 0. The van der Waals surface area contributed by atoms with E-state index in [2.05, 4.69) is 19.2 Å². The number of ether oxygens (including phenoxy) is 2. The van der Waals surface area contributed by atoms with Crippen molar-refractivity contribution < 1.29 is 19.0 Å². The van der Waals surface area contributed by atoms with Crippen molar-refractivity contribution in [1.82, 2.24) is 0 Å². The van der Waals surface area contributed by atoms with E-state index in [1.165, 1.54) is 13.2 Å². The Morgan fingerprint density at radius 2 is 2.10 bits per heavy atom. The summed E-state index contributed by atoms with van der Waals surface area (Å²) in [6, 6.07) is 4.60. The van der Waals surface area contributed by atoms with Crippen LogP contribution in [0.1, 0.15) is 26.7 Å². The molecular formula is C16H26FNO3. The van der Waals surface area contributed by atoms with Crippen molar-refractivity contribution in [2.24, 2.45) is 5.92 Å². The second-order valence-corrected chi connectivity index (χ2v) is 5.50. The van der Waals surface area contributed by atoms with E-state index in [0.29, 0.717) is 24.8 Å². The second-order valence-electron chi connectivity index (χ2n) is 5.50. The van der Waals surface area contributed by atoms with Crippen molar-refractivity contribution in [2.75, 3.05) is 32.2 Å². The Bertz CT molecular complexity index is 413. The summed E-state index contributed by atoms with van der Waals surface area (Å²) in [4.78, 5) is 0. The third-order valence-corrected chi connectivity index (χ3v) is 3.07. The van der Waals surface area contributed by atoms with E-state index >= 15 is 0 Å². The first-order valence-corrected chi connectivity index (χ1v) is 7.36. The van der Waals surface area contributed by atoms with Crippen molar-refractivity contribution >= 4 is 5.69 Å². The predicted molar refractivity (Wildman–Crippen MR) is 82.3 cm³/mol. The van der Waals surface area contributed by atoms with Crippen LogP contribution in [0, 0.1) is 11.7 Å². The van der Waals surface area contributed by atoms with Gasteiger partial charge in [0.2, 0.25) is 0 Å². The topological polar surface area (TPSA) is 50.7 Å². The zero-order valence-electron chi connectivity index (χ0n) is 13.1. The quantitative estimate of drug-likeness (QED) is 0.652. The Morgan fingerprint density at radius 1 is 1.33 bits per heavy atom. The van der Waals surface area contributed by atoms with Crippen molar-refractivity contribution in [2.45, 2.75) is 32.8 Å². The molecule has 2 N–H and O–H groups in total. The molecule has 0 amide bonds. The molecule has 0 aliphatic carbocycles. The normalized spacial score (nSPS) is 12.5. The molecule has 21 heavy (non-hydrogen) atoms. The van der Waals surface area contributed by atoms with E-state index in [0.717, 1.165) is 12.8 Å². The van der Waals surface area contributed by atoms with E-state index in [1.807, 2.05) is 0 Å². The molecule has 0 fully saturated rings. The Balaban J connectivity index is 2.20. The molecule has 4 nitrogen and oxygen atoms in total. The van der Waals surface area contributed by atoms with E-state index in [9.17, 15) is 9.50 Å². The predicted octanol–water partition coefficient (Wildman–Crippen LogP) is 3.06. The van der Waals surface area contributed by atoms with Gasteiger partial charge in [0, 0.05) is 24.9 Å². The molecule has 0 saturated heterocycles. The zero-order valence-corrected chi connectivity index (χ0v) is 13.1. The third kappa shape index (κ3) is 7.29. The molecular weight excluding hydrogens is 273 g/mol. The molecule has 0 aliphatic heterocycles. The minimum absolute atomic E-state index is 0.203. The van der Waals surface area contributed by atoms with Gasteiger partial charge in [-0.25, -0.2) is 4.39 Å². The summed E-state index contributed by atoms with van der Waals surface area (Å²) in [6.45, 7) is 5.60. The van der Waals surface area contributed by atoms with E-state index in [1.54, 1.807) is 12.1 Å². The van der Waals surface area contributed by atoms with Crippen LogP contribution in [0.15, 0.2) is 18.2 Å². The molecule has 0 radical (unpaired) electrons. The van der Waals surface area contributed by atoms with Crippen LogP contribution in [0.2, 0.25) is 0 Å². The summed E-state index contributed by atoms with van der Waals surface area (Å²) in [6.07, 6.45) is 1.51. The first kappa shape index (κ1) is 17.7. The molecule has 0 aliphatic rings. The number of hydrogen-bond donors (Lipinski definition) is 2. The summed E-state index contributed by atoms with van der Waals surface area (Å²) in [5.41, 5.74) is 0.604. The van der Waals surface area contributed by atoms with Crippen LogP contribution in [0.5, 0.6) is 5.75 Å². The summed E-state index contributed by atoms with van der Waals surface area (Å²) in [5, 5.41) is 12.8. The first-order chi connectivity index (χ1) is 10.0. The molecule has 1 unspecified atom stereocenters. The van der Waals surface area contributed by atoms with Gasteiger partial charge in [-0.2, -0.15) is 0 Å². The van der Waals surface area contributed by atoms with Crippen molar-refractivity contribution in [3.8, 4) is 5.75 Å². The molecule has 0 heterocycles. The van der Waals surface area contributed by atoms with Gasteiger partial charge < -0.3 is 19.9 Å². The van der Waals surface area contributed by atoms with Crippen molar-refractivity contribution in [1.29, 1.82) is 0 Å². The standard InChI is InChI=1S/C16H26FNO3/c1-12(2)5-4-8-21-11-14(19)10-18-13-6-7-16(20-3)15(17)9-13/h6-7,9,12,14,18-19H,4-5,8,10-11H2,1-3H3. The highest BCUT2D eigenvalue weighted by Crippen LogP contribution is 2.20. The molecule has 0 spiro atoms. The maximum absolute atomic E-state index is 13.5. The zero-order chi connectivity index (χ0) is 15.7. The second kappa shape index (κ2) is 9.58. The van der Waals surface area contributed by atoms with Gasteiger partial charge in [-0.15, -0.1) is 0 Å². The number of methoxy groups -OCH3 is 1. The molecule has 120 valence electrons. The number of hydrogen-bond acceptors (Lipinski definition) is 4.